The Morgan fingerprint density at radius 3 is 2.27 bits per heavy atom. The van der Waals surface area contributed by atoms with Gasteiger partial charge < -0.3 is 14.8 Å². The number of methoxy groups -OCH3 is 1. The number of ether oxygens (including phenoxy) is 2. The normalized spacial score (nSPS) is 9.73. The summed E-state index contributed by atoms with van der Waals surface area (Å²) in [4.78, 5) is 12.6. The molecule has 138 valence electrons. The predicted octanol–water partition coefficient (Wildman–Crippen LogP) is 5.31. The number of benzene rings is 1. The van der Waals surface area contributed by atoms with Crippen LogP contribution in [0.25, 0.3) is 0 Å². The average Bonchev–Trinajstić information content (AvgIpc) is 2.68. The molecule has 3 rings (SSSR count). The molecule has 3 aromatic rings. The minimum atomic E-state index is 0. The van der Waals surface area contributed by atoms with Crippen LogP contribution >= 0.6 is 0 Å². The maximum absolute atomic E-state index is 5.80. The summed E-state index contributed by atoms with van der Waals surface area (Å²) in [5, 5.41) is 3.24. The number of anilines is 2. The number of nitrogens with zero attached hydrogens (tertiary/aromatic N) is 3. The highest BCUT2D eigenvalue weighted by molar-refractivity contribution is 5.57. The molecule has 0 amide bonds. The molecule has 0 spiro atoms. The van der Waals surface area contributed by atoms with E-state index in [2.05, 4.69) is 20.3 Å². The lowest BCUT2D eigenvalue weighted by Crippen LogP contribution is -1.97. The van der Waals surface area contributed by atoms with Gasteiger partial charge in [0.25, 0.3) is 0 Å². The Morgan fingerprint density at radius 2 is 1.65 bits per heavy atom. The number of hydrogen-bond donors (Lipinski definition) is 1. The summed E-state index contributed by atoms with van der Waals surface area (Å²) in [5.41, 5.74) is 2.89. The lowest BCUT2D eigenvalue weighted by atomic mass is 10.3. The fourth-order valence-corrected chi connectivity index (χ4v) is 2.02. The first-order valence-corrected chi connectivity index (χ1v) is 8.49. The second kappa shape index (κ2) is 9.36. The van der Waals surface area contributed by atoms with Crippen molar-refractivity contribution in [2.45, 2.75) is 27.7 Å². The molecule has 0 aliphatic rings. The molecule has 26 heavy (non-hydrogen) atoms. The van der Waals surface area contributed by atoms with Crippen molar-refractivity contribution in [3.8, 4) is 17.6 Å². The van der Waals surface area contributed by atoms with E-state index in [4.69, 9.17) is 9.47 Å². The first-order chi connectivity index (χ1) is 12.6. The van der Waals surface area contributed by atoms with Crippen LogP contribution in [0.15, 0.2) is 48.8 Å². The highest BCUT2D eigenvalue weighted by Gasteiger charge is 2.07. The van der Waals surface area contributed by atoms with Crippen molar-refractivity contribution in [1.29, 1.82) is 0 Å². The van der Waals surface area contributed by atoms with Crippen molar-refractivity contribution in [3.05, 3.63) is 59.9 Å². The van der Waals surface area contributed by atoms with Gasteiger partial charge in [0, 0.05) is 25.1 Å². The summed E-state index contributed by atoms with van der Waals surface area (Å²) in [5.74, 6) is 1.95. The van der Waals surface area contributed by atoms with E-state index in [1.165, 1.54) is 7.11 Å². The second-order valence-corrected chi connectivity index (χ2v) is 5.32. The zero-order chi connectivity index (χ0) is 18.9. The quantitative estimate of drug-likeness (QED) is 0.670. The van der Waals surface area contributed by atoms with Crippen LogP contribution in [0, 0.1) is 13.8 Å². The van der Waals surface area contributed by atoms with Crippen molar-refractivity contribution in [2.24, 2.45) is 0 Å². The van der Waals surface area contributed by atoms with E-state index in [1.807, 2.05) is 70.3 Å². The van der Waals surface area contributed by atoms with E-state index >= 15 is 0 Å². The maximum Gasteiger partial charge on any atom is 0.319 e. The fraction of sp³-hybridized carbons (Fsp3) is 0.250. The maximum atomic E-state index is 5.80. The highest BCUT2D eigenvalue weighted by atomic mass is 16.5. The van der Waals surface area contributed by atoms with Gasteiger partial charge in [0.2, 0.25) is 5.88 Å². The SMILES string of the molecule is CC.COc1ncc(C)c(Oc2ccc(Nc3ccc(C)cn3)cc2)n1.[HH]. The topological polar surface area (TPSA) is 69.2 Å². The molecule has 6 nitrogen and oxygen atoms in total. The lowest BCUT2D eigenvalue weighted by molar-refractivity contribution is 0.365. The van der Waals surface area contributed by atoms with E-state index < -0.39 is 0 Å². The molecule has 0 aliphatic heterocycles. The smallest absolute Gasteiger partial charge is 0.319 e. The molecule has 2 heterocycles. The predicted molar refractivity (Wildman–Crippen MR) is 106 cm³/mol. The Balaban J connectivity index is 0.00000118. The van der Waals surface area contributed by atoms with Crippen LogP contribution in [-0.4, -0.2) is 22.1 Å². The third-order valence-electron chi connectivity index (χ3n) is 3.34. The van der Waals surface area contributed by atoms with Gasteiger partial charge in [-0.1, -0.05) is 19.9 Å². The summed E-state index contributed by atoms with van der Waals surface area (Å²) < 4.78 is 10.8. The van der Waals surface area contributed by atoms with Gasteiger partial charge in [0.15, 0.2) is 0 Å². The fourth-order valence-electron chi connectivity index (χ4n) is 2.02. The average molecular weight is 354 g/mol. The molecule has 0 bridgehead atoms. The Morgan fingerprint density at radius 1 is 0.923 bits per heavy atom. The summed E-state index contributed by atoms with van der Waals surface area (Å²) >= 11 is 0. The van der Waals surface area contributed by atoms with Gasteiger partial charge in [-0.05, 0) is 49.7 Å². The molecule has 0 aliphatic carbocycles. The highest BCUT2D eigenvalue weighted by Crippen LogP contribution is 2.26. The number of nitrogens with one attached hydrogen (secondary N) is 1. The van der Waals surface area contributed by atoms with Gasteiger partial charge >= 0.3 is 6.01 Å². The lowest BCUT2D eigenvalue weighted by Gasteiger charge is -2.10. The molecular weight excluding hydrogens is 328 g/mol. The molecule has 0 fully saturated rings. The van der Waals surface area contributed by atoms with Gasteiger partial charge in [-0.25, -0.2) is 9.97 Å². The minimum absolute atomic E-state index is 0. The minimum Gasteiger partial charge on any atom is -0.467 e. The summed E-state index contributed by atoms with van der Waals surface area (Å²) in [6.07, 6.45) is 3.49. The largest absolute Gasteiger partial charge is 0.467 e. The standard InChI is InChI=1S/C18H18N4O2.C2H6.H2/c1-12-4-9-16(19-10-12)21-14-5-7-15(8-6-14)24-17-13(2)11-20-18(22-17)23-3;1-2;/h4-11H,1-3H3,(H,19,21);1-2H3;1H. The molecule has 0 saturated heterocycles. The third-order valence-corrected chi connectivity index (χ3v) is 3.34. The third kappa shape index (κ3) is 5.17. The van der Waals surface area contributed by atoms with Crippen LogP contribution in [0.3, 0.4) is 0 Å². The molecule has 0 radical (unpaired) electrons. The summed E-state index contributed by atoms with van der Waals surface area (Å²) in [7, 11) is 1.52. The van der Waals surface area contributed by atoms with E-state index in [0.717, 1.165) is 22.6 Å². The van der Waals surface area contributed by atoms with Crippen molar-refractivity contribution < 1.29 is 10.9 Å². The first-order valence-electron chi connectivity index (χ1n) is 8.49. The Kier molecular flexibility index (Phi) is 6.91. The van der Waals surface area contributed by atoms with Gasteiger partial charge in [-0.3, -0.25) is 0 Å². The number of rotatable bonds is 5. The molecule has 0 saturated carbocycles. The van der Waals surface area contributed by atoms with E-state index in [1.54, 1.807) is 6.20 Å². The molecule has 0 unspecified atom stereocenters. The van der Waals surface area contributed by atoms with Crippen LogP contribution in [-0.2, 0) is 0 Å². The van der Waals surface area contributed by atoms with Crippen LogP contribution in [0.5, 0.6) is 17.6 Å². The van der Waals surface area contributed by atoms with Gasteiger partial charge in [0.05, 0.1) is 7.11 Å². The van der Waals surface area contributed by atoms with Crippen molar-refractivity contribution in [1.82, 2.24) is 15.0 Å². The first kappa shape index (κ1) is 19.2. The van der Waals surface area contributed by atoms with Crippen molar-refractivity contribution in [3.63, 3.8) is 0 Å². The van der Waals surface area contributed by atoms with Crippen molar-refractivity contribution >= 4 is 11.5 Å². The number of aryl methyl sites for hydroxylation is 2. The molecule has 1 aromatic carbocycles. The van der Waals surface area contributed by atoms with E-state index in [-0.39, 0.29) is 7.44 Å². The monoisotopic (exact) mass is 354 g/mol. The van der Waals surface area contributed by atoms with Gasteiger partial charge in [-0.2, -0.15) is 4.98 Å². The van der Waals surface area contributed by atoms with Crippen LogP contribution in [0.4, 0.5) is 11.5 Å². The second-order valence-electron chi connectivity index (χ2n) is 5.32. The zero-order valence-corrected chi connectivity index (χ0v) is 15.8. The Labute approximate surface area is 155 Å². The molecule has 1 N–H and O–H groups in total. The Bertz CT molecular complexity index is 824. The van der Waals surface area contributed by atoms with Gasteiger partial charge in [0.1, 0.15) is 11.6 Å². The van der Waals surface area contributed by atoms with E-state index in [9.17, 15) is 0 Å². The van der Waals surface area contributed by atoms with Crippen LogP contribution in [0.1, 0.15) is 26.4 Å². The zero-order valence-electron chi connectivity index (χ0n) is 15.8. The van der Waals surface area contributed by atoms with Gasteiger partial charge in [-0.15, -0.1) is 0 Å². The van der Waals surface area contributed by atoms with Crippen LogP contribution < -0.4 is 14.8 Å². The number of pyridine rings is 1. The molecule has 0 atom stereocenters. The summed E-state index contributed by atoms with van der Waals surface area (Å²) in [6.45, 7) is 7.89. The van der Waals surface area contributed by atoms with Crippen molar-refractivity contribution in [2.75, 3.05) is 12.4 Å². The molecule has 2 aromatic heterocycles. The number of aromatic nitrogens is 3. The molecule has 6 heteroatoms. The molecular formula is C20H26N4O2. The summed E-state index contributed by atoms with van der Waals surface area (Å²) in [6, 6.07) is 11.8. The van der Waals surface area contributed by atoms with E-state index in [0.29, 0.717) is 11.6 Å². The Hall–Kier alpha value is -3.15. The van der Waals surface area contributed by atoms with Crippen LogP contribution in [0.2, 0.25) is 0 Å². The number of hydrogen-bond acceptors (Lipinski definition) is 6.